The lowest BCUT2D eigenvalue weighted by atomic mass is 10.1. The third-order valence-electron chi connectivity index (χ3n) is 3.59. The topological polar surface area (TPSA) is 63.2 Å². The van der Waals surface area contributed by atoms with Crippen molar-refractivity contribution >= 4 is 23.7 Å². The Morgan fingerprint density at radius 1 is 1.09 bits per heavy atom. The van der Waals surface area contributed by atoms with Gasteiger partial charge in [-0.2, -0.15) is 0 Å². The first kappa shape index (κ1) is 14.1. The van der Waals surface area contributed by atoms with Crippen molar-refractivity contribution < 1.29 is 9.59 Å². The van der Waals surface area contributed by atoms with Gasteiger partial charge >= 0.3 is 0 Å². The molecule has 2 heterocycles. The molecule has 0 N–H and O–H groups in total. The molecule has 1 aromatic heterocycles. The molecular weight excluding hydrogens is 278 g/mol. The number of imide groups is 1. The summed E-state index contributed by atoms with van der Waals surface area (Å²) in [6, 6.07) is 6.81. The van der Waals surface area contributed by atoms with E-state index in [0.717, 1.165) is 17.0 Å². The highest BCUT2D eigenvalue weighted by atomic mass is 16.2. The Kier molecular flexibility index (Phi) is 3.55. The van der Waals surface area contributed by atoms with E-state index in [-0.39, 0.29) is 11.8 Å². The van der Waals surface area contributed by atoms with Gasteiger partial charge in [0.15, 0.2) is 5.82 Å². The average molecular weight is 293 g/mol. The van der Waals surface area contributed by atoms with E-state index in [4.69, 9.17) is 0 Å². The summed E-state index contributed by atoms with van der Waals surface area (Å²) < 4.78 is 0. The molecule has 0 radical (unpaired) electrons. The quantitative estimate of drug-likeness (QED) is 0.816. The van der Waals surface area contributed by atoms with Crippen LogP contribution in [-0.2, 0) is 0 Å². The third-order valence-corrected chi connectivity index (χ3v) is 3.59. The second kappa shape index (κ2) is 5.52. The van der Waals surface area contributed by atoms with Crippen LogP contribution >= 0.6 is 0 Å². The standard InChI is InChI=1S/C17H15N3O2/c1-3-4-7-12-11(2)18-10-19-15(12)20-16(21)13-8-5-6-9-14(13)17(20)22/h4-10H,3H2,1-2H3/b7-4-. The summed E-state index contributed by atoms with van der Waals surface area (Å²) in [6.45, 7) is 3.84. The van der Waals surface area contributed by atoms with Gasteiger partial charge in [-0.3, -0.25) is 9.59 Å². The van der Waals surface area contributed by atoms with Crippen LogP contribution in [0.4, 0.5) is 5.82 Å². The molecule has 3 rings (SSSR count). The van der Waals surface area contributed by atoms with Gasteiger partial charge in [0.2, 0.25) is 0 Å². The fourth-order valence-electron chi connectivity index (χ4n) is 2.46. The summed E-state index contributed by atoms with van der Waals surface area (Å²) in [7, 11) is 0. The van der Waals surface area contributed by atoms with Crippen molar-refractivity contribution in [2.75, 3.05) is 4.90 Å². The minimum Gasteiger partial charge on any atom is -0.268 e. The molecule has 1 aromatic carbocycles. The van der Waals surface area contributed by atoms with Crippen molar-refractivity contribution in [2.24, 2.45) is 0 Å². The molecule has 0 aliphatic carbocycles. The van der Waals surface area contributed by atoms with E-state index < -0.39 is 0 Å². The highest BCUT2D eigenvalue weighted by molar-refractivity contribution is 6.34. The second-order valence-electron chi connectivity index (χ2n) is 5.00. The summed E-state index contributed by atoms with van der Waals surface area (Å²) in [4.78, 5) is 34.6. The van der Waals surface area contributed by atoms with Crippen molar-refractivity contribution in [1.29, 1.82) is 0 Å². The number of anilines is 1. The Morgan fingerprint density at radius 3 is 2.32 bits per heavy atom. The lowest BCUT2D eigenvalue weighted by molar-refractivity contribution is 0.0925. The zero-order chi connectivity index (χ0) is 15.7. The number of hydrogen-bond donors (Lipinski definition) is 0. The molecule has 1 aliphatic rings. The number of hydrogen-bond acceptors (Lipinski definition) is 4. The van der Waals surface area contributed by atoms with Gasteiger partial charge in [-0.1, -0.05) is 31.2 Å². The minimum absolute atomic E-state index is 0.336. The molecule has 110 valence electrons. The van der Waals surface area contributed by atoms with E-state index in [1.54, 1.807) is 24.3 Å². The number of carbonyl (C=O) groups is 2. The number of amides is 2. The van der Waals surface area contributed by atoms with E-state index in [2.05, 4.69) is 9.97 Å². The van der Waals surface area contributed by atoms with Gasteiger partial charge in [-0.15, -0.1) is 0 Å². The number of fused-ring (bicyclic) bond motifs is 1. The Hall–Kier alpha value is -2.82. The summed E-state index contributed by atoms with van der Waals surface area (Å²) in [5, 5.41) is 0. The van der Waals surface area contributed by atoms with Crippen molar-refractivity contribution in [2.45, 2.75) is 20.3 Å². The Balaban J connectivity index is 2.14. The molecule has 2 amide bonds. The molecule has 22 heavy (non-hydrogen) atoms. The molecule has 0 saturated heterocycles. The predicted molar refractivity (Wildman–Crippen MR) is 83.7 cm³/mol. The Bertz CT molecular complexity index is 761. The SMILES string of the molecule is CC/C=C\c1c(C)ncnc1N1C(=O)c2ccccc2C1=O. The number of aromatic nitrogens is 2. The molecule has 2 aromatic rings. The van der Waals surface area contributed by atoms with Crippen LogP contribution in [0.1, 0.15) is 45.3 Å². The van der Waals surface area contributed by atoms with Gasteiger partial charge in [-0.05, 0) is 25.5 Å². The number of benzene rings is 1. The van der Waals surface area contributed by atoms with E-state index in [0.29, 0.717) is 22.5 Å². The Morgan fingerprint density at radius 2 is 1.73 bits per heavy atom. The van der Waals surface area contributed by atoms with E-state index in [1.165, 1.54) is 6.33 Å². The summed E-state index contributed by atoms with van der Waals surface area (Å²) >= 11 is 0. The van der Waals surface area contributed by atoms with Crippen LogP contribution in [0.5, 0.6) is 0 Å². The van der Waals surface area contributed by atoms with Gasteiger partial charge in [-0.25, -0.2) is 14.9 Å². The molecule has 0 unspecified atom stereocenters. The highest BCUT2D eigenvalue weighted by Gasteiger charge is 2.38. The highest BCUT2D eigenvalue weighted by Crippen LogP contribution is 2.30. The number of rotatable bonds is 3. The normalized spacial score (nSPS) is 14.0. The fourth-order valence-corrected chi connectivity index (χ4v) is 2.46. The maximum Gasteiger partial charge on any atom is 0.267 e. The largest absolute Gasteiger partial charge is 0.268 e. The smallest absolute Gasteiger partial charge is 0.267 e. The summed E-state index contributed by atoms with van der Waals surface area (Å²) in [5.74, 6) is -0.349. The monoisotopic (exact) mass is 293 g/mol. The van der Waals surface area contributed by atoms with Crippen LogP contribution in [0, 0.1) is 6.92 Å². The van der Waals surface area contributed by atoms with E-state index >= 15 is 0 Å². The number of allylic oxidation sites excluding steroid dienone is 1. The lowest BCUT2D eigenvalue weighted by Crippen LogP contribution is -2.31. The van der Waals surface area contributed by atoms with Crippen LogP contribution in [0.15, 0.2) is 36.7 Å². The van der Waals surface area contributed by atoms with E-state index in [9.17, 15) is 9.59 Å². The van der Waals surface area contributed by atoms with Gasteiger partial charge < -0.3 is 0 Å². The van der Waals surface area contributed by atoms with Crippen molar-refractivity contribution in [1.82, 2.24) is 9.97 Å². The van der Waals surface area contributed by atoms with Crippen LogP contribution in [0.25, 0.3) is 6.08 Å². The molecule has 0 spiro atoms. The van der Waals surface area contributed by atoms with Gasteiger partial charge in [0, 0.05) is 5.56 Å². The summed E-state index contributed by atoms with van der Waals surface area (Å²) in [6.07, 6.45) is 6.02. The molecule has 1 aliphatic heterocycles. The molecule has 0 atom stereocenters. The average Bonchev–Trinajstić information content (AvgIpc) is 2.78. The van der Waals surface area contributed by atoms with Crippen LogP contribution in [0.2, 0.25) is 0 Å². The first-order valence-electron chi connectivity index (χ1n) is 7.11. The molecular formula is C17H15N3O2. The number of carbonyl (C=O) groups excluding carboxylic acids is 2. The van der Waals surface area contributed by atoms with Crippen LogP contribution in [0.3, 0.4) is 0 Å². The van der Waals surface area contributed by atoms with Crippen molar-refractivity contribution in [3.8, 4) is 0 Å². The maximum atomic E-state index is 12.6. The van der Waals surface area contributed by atoms with Crippen molar-refractivity contribution in [3.63, 3.8) is 0 Å². The predicted octanol–water partition coefficient (Wildman–Crippen LogP) is 3.01. The van der Waals surface area contributed by atoms with Gasteiger partial charge in [0.25, 0.3) is 11.8 Å². The lowest BCUT2D eigenvalue weighted by Gasteiger charge is -2.16. The van der Waals surface area contributed by atoms with Crippen LogP contribution < -0.4 is 4.90 Å². The zero-order valence-corrected chi connectivity index (χ0v) is 12.4. The maximum absolute atomic E-state index is 12.6. The fraction of sp³-hybridized carbons (Fsp3) is 0.176. The number of aryl methyl sites for hydroxylation is 1. The van der Waals surface area contributed by atoms with Crippen molar-refractivity contribution in [3.05, 3.63) is 59.1 Å². The number of nitrogens with zero attached hydrogens (tertiary/aromatic N) is 3. The molecule has 0 saturated carbocycles. The molecule has 5 nitrogen and oxygen atoms in total. The first-order chi connectivity index (χ1) is 10.6. The molecule has 5 heteroatoms. The first-order valence-corrected chi connectivity index (χ1v) is 7.11. The zero-order valence-electron chi connectivity index (χ0n) is 12.4. The second-order valence-corrected chi connectivity index (χ2v) is 5.00. The van der Waals surface area contributed by atoms with E-state index in [1.807, 2.05) is 26.0 Å². The minimum atomic E-state index is -0.343. The molecule has 0 fully saturated rings. The Labute approximate surface area is 128 Å². The third kappa shape index (κ3) is 2.11. The molecule has 0 bridgehead atoms. The van der Waals surface area contributed by atoms with Crippen LogP contribution in [-0.4, -0.2) is 21.8 Å². The summed E-state index contributed by atoms with van der Waals surface area (Å²) in [5.41, 5.74) is 2.24. The van der Waals surface area contributed by atoms with Gasteiger partial charge in [0.1, 0.15) is 6.33 Å². The van der Waals surface area contributed by atoms with Gasteiger partial charge in [0.05, 0.1) is 16.8 Å².